The molecule has 0 unspecified atom stereocenters. The minimum atomic E-state index is -0.172. The van der Waals surface area contributed by atoms with Gasteiger partial charge in [0, 0.05) is 5.56 Å². The van der Waals surface area contributed by atoms with Gasteiger partial charge in [0.25, 0.3) is 0 Å². The molecule has 0 saturated carbocycles. The van der Waals surface area contributed by atoms with E-state index in [0.717, 1.165) is 11.3 Å². The summed E-state index contributed by atoms with van der Waals surface area (Å²) < 4.78 is 0. The Labute approximate surface area is 140 Å². The molecule has 0 fully saturated rings. The van der Waals surface area contributed by atoms with Crippen LogP contribution in [0.4, 0.5) is 5.69 Å². The smallest absolute Gasteiger partial charge is 0.166 e. The topological polar surface area (TPSA) is 56.1 Å². The average molecular weight is 318 g/mol. The Morgan fingerprint density at radius 3 is 2.17 bits per heavy atom. The summed E-state index contributed by atoms with van der Waals surface area (Å²) in [7, 11) is 0. The van der Waals surface area contributed by atoms with Crippen LogP contribution in [-0.2, 0) is 6.54 Å². The number of rotatable bonds is 5. The molecule has 24 heavy (non-hydrogen) atoms. The number of nitrogens with zero attached hydrogens (tertiary/aromatic N) is 2. The van der Waals surface area contributed by atoms with Crippen LogP contribution >= 0.6 is 0 Å². The normalized spacial score (nSPS) is 10.8. The molecule has 0 amide bonds. The molecular weight excluding hydrogens is 300 g/mol. The molecule has 4 nitrogen and oxygen atoms in total. The molecule has 0 atom stereocenters. The van der Waals surface area contributed by atoms with Crippen molar-refractivity contribution in [2.24, 2.45) is 5.10 Å². The van der Waals surface area contributed by atoms with Gasteiger partial charge in [0.1, 0.15) is 0 Å². The highest BCUT2D eigenvalue weighted by atomic mass is 16.3. The molecule has 0 aromatic heterocycles. The lowest BCUT2D eigenvalue weighted by Crippen LogP contribution is -2.16. The van der Waals surface area contributed by atoms with Gasteiger partial charge in [0.15, 0.2) is 11.5 Å². The van der Waals surface area contributed by atoms with Crippen LogP contribution in [0.1, 0.15) is 11.1 Å². The van der Waals surface area contributed by atoms with Crippen molar-refractivity contribution in [3.63, 3.8) is 0 Å². The van der Waals surface area contributed by atoms with Gasteiger partial charge in [0.2, 0.25) is 0 Å². The third kappa shape index (κ3) is 3.73. The summed E-state index contributed by atoms with van der Waals surface area (Å²) in [4.78, 5) is 0. The molecule has 120 valence electrons. The number of hydrazone groups is 1. The Bertz CT molecular complexity index is 818. The number of hydrogen-bond acceptors (Lipinski definition) is 4. The van der Waals surface area contributed by atoms with Crippen molar-refractivity contribution in [3.05, 3.63) is 90.0 Å². The predicted octanol–water partition coefficient (Wildman–Crippen LogP) is 4.14. The zero-order valence-electron chi connectivity index (χ0n) is 13.1. The molecule has 3 rings (SSSR count). The van der Waals surface area contributed by atoms with Crippen LogP contribution in [0.15, 0.2) is 84.0 Å². The van der Waals surface area contributed by atoms with Crippen molar-refractivity contribution >= 4 is 11.9 Å². The second-order valence-electron chi connectivity index (χ2n) is 5.34. The quantitative estimate of drug-likeness (QED) is 0.422. The van der Waals surface area contributed by atoms with E-state index in [2.05, 4.69) is 5.10 Å². The molecule has 0 radical (unpaired) electrons. The SMILES string of the molecule is Oc1cccc(/C=N/N(Cc2ccccc2)c2ccccc2)c1O. The summed E-state index contributed by atoms with van der Waals surface area (Å²) in [5.74, 6) is -0.331. The summed E-state index contributed by atoms with van der Waals surface area (Å²) in [5.41, 5.74) is 2.53. The number of hydrogen-bond donors (Lipinski definition) is 2. The van der Waals surface area contributed by atoms with Crippen molar-refractivity contribution in [1.29, 1.82) is 0 Å². The molecule has 0 bridgehead atoms. The Hall–Kier alpha value is -3.27. The molecule has 0 spiro atoms. The molecule has 0 heterocycles. The van der Waals surface area contributed by atoms with E-state index in [1.54, 1.807) is 18.3 Å². The summed E-state index contributed by atoms with van der Waals surface area (Å²) in [5, 5.41) is 25.8. The molecule has 0 aliphatic rings. The minimum absolute atomic E-state index is 0.159. The monoisotopic (exact) mass is 318 g/mol. The molecule has 0 saturated heterocycles. The van der Waals surface area contributed by atoms with Crippen LogP contribution in [0.3, 0.4) is 0 Å². The van der Waals surface area contributed by atoms with Crippen LogP contribution in [0.5, 0.6) is 11.5 Å². The van der Waals surface area contributed by atoms with Gasteiger partial charge in [-0.05, 0) is 29.8 Å². The molecule has 2 N–H and O–H groups in total. The zero-order valence-corrected chi connectivity index (χ0v) is 13.1. The minimum Gasteiger partial charge on any atom is -0.504 e. The number of anilines is 1. The van der Waals surface area contributed by atoms with Crippen LogP contribution in [0.2, 0.25) is 0 Å². The van der Waals surface area contributed by atoms with Crippen molar-refractivity contribution < 1.29 is 10.2 Å². The highest BCUT2D eigenvalue weighted by molar-refractivity contribution is 5.85. The first-order chi connectivity index (χ1) is 11.7. The lowest BCUT2D eigenvalue weighted by Gasteiger charge is -2.19. The maximum atomic E-state index is 9.91. The number of aromatic hydroxyl groups is 2. The molecular formula is C20H18N2O2. The second-order valence-corrected chi connectivity index (χ2v) is 5.34. The standard InChI is InChI=1S/C20H18N2O2/c23-19-13-7-10-17(20(19)24)14-21-22(18-11-5-2-6-12-18)15-16-8-3-1-4-9-16/h1-14,23-24H,15H2/b21-14+. The van der Waals surface area contributed by atoms with E-state index >= 15 is 0 Å². The van der Waals surface area contributed by atoms with E-state index in [4.69, 9.17) is 0 Å². The Kier molecular flexibility index (Phi) is 4.77. The van der Waals surface area contributed by atoms with Gasteiger partial charge in [-0.1, -0.05) is 54.6 Å². The highest BCUT2D eigenvalue weighted by Crippen LogP contribution is 2.27. The van der Waals surface area contributed by atoms with Gasteiger partial charge in [-0.15, -0.1) is 0 Å². The van der Waals surface area contributed by atoms with Crippen molar-refractivity contribution in [2.45, 2.75) is 6.54 Å². The van der Waals surface area contributed by atoms with Gasteiger partial charge in [-0.2, -0.15) is 5.10 Å². The fraction of sp³-hybridized carbons (Fsp3) is 0.0500. The molecule has 0 aliphatic heterocycles. The van der Waals surface area contributed by atoms with Gasteiger partial charge < -0.3 is 10.2 Å². The fourth-order valence-corrected chi connectivity index (χ4v) is 2.34. The lowest BCUT2D eigenvalue weighted by atomic mass is 10.2. The Balaban J connectivity index is 1.90. The molecule has 0 aliphatic carbocycles. The number of phenolic OH excluding ortho intramolecular Hbond substituents is 2. The van der Waals surface area contributed by atoms with Crippen molar-refractivity contribution in [1.82, 2.24) is 0 Å². The largest absolute Gasteiger partial charge is 0.504 e. The van der Waals surface area contributed by atoms with Crippen LogP contribution in [-0.4, -0.2) is 16.4 Å². The zero-order chi connectivity index (χ0) is 16.8. The van der Waals surface area contributed by atoms with E-state index in [1.165, 1.54) is 6.07 Å². The predicted molar refractivity (Wildman–Crippen MR) is 96.4 cm³/mol. The maximum absolute atomic E-state index is 9.91. The van der Waals surface area contributed by atoms with E-state index in [0.29, 0.717) is 12.1 Å². The highest BCUT2D eigenvalue weighted by Gasteiger charge is 2.07. The Morgan fingerprint density at radius 1 is 0.792 bits per heavy atom. The summed E-state index contributed by atoms with van der Waals surface area (Å²) in [6.07, 6.45) is 1.55. The first-order valence-corrected chi connectivity index (χ1v) is 7.65. The Morgan fingerprint density at radius 2 is 1.46 bits per heavy atom. The average Bonchev–Trinajstić information content (AvgIpc) is 2.63. The first kappa shape index (κ1) is 15.6. The van der Waals surface area contributed by atoms with E-state index in [1.807, 2.05) is 65.7 Å². The lowest BCUT2D eigenvalue weighted by molar-refractivity contribution is 0.403. The first-order valence-electron chi connectivity index (χ1n) is 7.65. The van der Waals surface area contributed by atoms with Gasteiger partial charge in [-0.25, -0.2) is 0 Å². The number of para-hydroxylation sites is 2. The van der Waals surface area contributed by atoms with E-state index in [-0.39, 0.29) is 11.5 Å². The van der Waals surface area contributed by atoms with Crippen LogP contribution < -0.4 is 5.01 Å². The van der Waals surface area contributed by atoms with E-state index < -0.39 is 0 Å². The maximum Gasteiger partial charge on any atom is 0.166 e. The van der Waals surface area contributed by atoms with Gasteiger partial charge in [-0.3, -0.25) is 5.01 Å². The third-order valence-corrected chi connectivity index (χ3v) is 3.61. The molecule has 4 heteroatoms. The third-order valence-electron chi connectivity index (χ3n) is 3.61. The van der Waals surface area contributed by atoms with Crippen LogP contribution in [0, 0.1) is 0 Å². The van der Waals surface area contributed by atoms with Crippen molar-refractivity contribution in [3.8, 4) is 11.5 Å². The molecule has 3 aromatic rings. The van der Waals surface area contributed by atoms with Gasteiger partial charge >= 0.3 is 0 Å². The summed E-state index contributed by atoms with van der Waals surface area (Å²) >= 11 is 0. The summed E-state index contributed by atoms with van der Waals surface area (Å²) in [6, 6.07) is 24.6. The van der Waals surface area contributed by atoms with E-state index in [9.17, 15) is 10.2 Å². The summed E-state index contributed by atoms with van der Waals surface area (Å²) in [6.45, 7) is 0.598. The van der Waals surface area contributed by atoms with Crippen molar-refractivity contribution in [2.75, 3.05) is 5.01 Å². The fourth-order valence-electron chi connectivity index (χ4n) is 2.34. The van der Waals surface area contributed by atoms with Crippen LogP contribution in [0.25, 0.3) is 0 Å². The number of benzene rings is 3. The molecule has 3 aromatic carbocycles. The number of phenols is 2. The van der Waals surface area contributed by atoms with Gasteiger partial charge in [0.05, 0.1) is 18.4 Å². The second kappa shape index (κ2) is 7.33.